The minimum atomic E-state index is 0.216. The summed E-state index contributed by atoms with van der Waals surface area (Å²) in [6, 6.07) is 8.14. The van der Waals surface area contributed by atoms with E-state index < -0.39 is 0 Å². The van der Waals surface area contributed by atoms with Gasteiger partial charge < -0.3 is 14.9 Å². The average Bonchev–Trinajstić information content (AvgIpc) is 2.83. The van der Waals surface area contributed by atoms with Crippen LogP contribution in [0, 0.1) is 6.92 Å². The van der Waals surface area contributed by atoms with E-state index in [9.17, 15) is 0 Å². The van der Waals surface area contributed by atoms with Crippen molar-refractivity contribution in [2.45, 2.75) is 39.3 Å². The molecule has 1 heterocycles. The van der Waals surface area contributed by atoms with E-state index in [1.807, 2.05) is 24.3 Å². The fourth-order valence-electron chi connectivity index (χ4n) is 1.71. The molecule has 2 aromatic rings. The first-order valence-electron chi connectivity index (χ1n) is 6.43. The van der Waals surface area contributed by atoms with Crippen molar-refractivity contribution in [1.82, 2.24) is 10.2 Å². The molecule has 0 amide bonds. The first kappa shape index (κ1) is 13.5. The van der Waals surface area contributed by atoms with Gasteiger partial charge in [-0.3, -0.25) is 0 Å². The van der Waals surface area contributed by atoms with Gasteiger partial charge in [0.05, 0.1) is 0 Å². The lowest BCUT2D eigenvalue weighted by molar-refractivity contribution is 0.260. The maximum absolute atomic E-state index is 5.92. The van der Waals surface area contributed by atoms with Crippen molar-refractivity contribution >= 4 is 0 Å². The van der Waals surface area contributed by atoms with Crippen LogP contribution in [0.2, 0.25) is 0 Å². The molecule has 0 saturated heterocycles. The third-order valence-corrected chi connectivity index (χ3v) is 2.88. The average molecular weight is 261 g/mol. The van der Waals surface area contributed by atoms with Crippen LogP contribution in [-0.4, -0.2) is 16.2 Å². The summed E-state index contributed by atoms with van der Waals surface area (Å²) in [6.45, 7) is 4.13. The first-order chi connectivity index (χ1) is 9.17. The summed E-state index contributed by atoms with van der Waals surface area (Å²) in [4.78, 5) is 0. The number of aromatic nitrogens is 2. The molecule has 1 aromatic heterocycles. The second-order valence-corrected chi connectivity index (χ2v) is 4.52. The second kappa shape index (κ2) is 6.33. The number of rotatable bonds is 6. The highest BCUT2D eigenvalue weighted by Gasteiger charge is 2.04. The Morgan fingerprint density at radius 3 is 2.58 bits per heavy atom. The Hall–Kier alpha value is -1.88. The summed E-state index contributed by atoms with van der Waals surface area (Å²) >= 11 is 0. The summed E-state index contributed by atoms with van der Waals surface area (Å²) in [7, 11) is 0. The van der Waals surface area contributed by atoms with Crippen LogP contribution >= 0.6 is 0 Å². The molecule has 0 radical (unpaired) electrons. The van der Waals surface area contributed by atoms with E-state index in [4.69, 9.17) is 14.9 Å². The van der Waals surface area contributed by atoms with Gasteiger partial charge in [-0.05, 0) is 30.5 Å². The Balaban J connectivity index is 1.88. The SMILES string of the molecule is CCC(N)Cc1ccc(OCc2nnc(C)o2)cc1. The van der Waals surface area contributed by atoms with Gasteiger partial charge in [-0.15, -0.1) is 10.2 Å². The Morgan fingerprint density at radius 1 is 1.26 bits per heavy atom. The minimum Gasteiger partial charge on any atom is -0.484 e. The van der Waals surface area contributed by atoms with Gasteiger partial charge in [0.25, 0.3) is 5.89 Å². The Bertz CT molecular complexity index is 508. The Kier molecular flexibility index (Phi) is 4.52. The number of ether oxygens (including phenoxy) is 1. The van der Waals surface area contributed by atoms with Crippen LogP contribution in [0.25, 0.3) is 0 Å². The van der Waals surface area contributed by atoms with E-state index in [1.54, 1.807) is 6.92 Å². The molecule has 2 rings (SSSR count). The van der Waals surface area contributed by atoms with Crippen LogP contribution in [-0.2, 0) is 13.0 Å². The molecule has 0 aliphatic heterocycles. The minimum absolute atomic E-state index is 0.216. The smallest absolute Gasteiger partial charge is 0.253 e. The van der Waals surface area contributed by atoms with Gasteiger partial charge in [-0.25, -0.2) is 0 Å². The monoisotopic (exact) mass is 261 g/mol. The Morgan fingerprint density at radius 2 is 2.00 bits per heavy atom. The van der Waals surface area contributed by atoms with Gasteiger partial charge in [0.2, 0.25) is 5.89 Å². The summed E-state index contributed by atoms with van der Waals surface area (Å²) < 4.78 is 10.8. The molecule has 1 atom stereocenters. The number of benzene rings is 1. The number of aryl methyl sites for hydroxylation is 1. The predicted octanol–water partition coefficient (Wildman–Crippen LogP) is 2.24. The zero-order chi connectivity index (χ0) is 13.7. The van der Waals surface area contributed by atoms with Crippen molar-refractivity contribution in [2.75, 3.05) is 0 Å². The largest absolute Gasteiger partial charge is 0.484 e. The molecule has 1 aromatic carbocycles. The van der Waals surface area contributed by atoms with Crippen molar-refractivity contribution in [2.24, 2.45) is 5.73 Å². The van der Waals surface area contributed by atoms with Crippen molar-refractivity contribution in [3.8, 4) is 5.75 Å². The molecule has 0 aliphatic carbocycles. The van der Waals surface area contributed by atoms with Gasteiger partial charge in [0.1, 0.15) is 5.75 Å². The van der Waals surface area contributed by atoms with Crippen LogP contribution < -0.4 is 10.5 Å². The number of nitrogens with zero attached hydrogens (tertiary/aromatic N) is 2. The van der Waals surface area contributed by atoms with Gasteiger partial charge in [-0.1, -0.05) is 19.1 Å². The normalized spacial score (nSPS) is 12.4. The molecule has 0 fully saturated rings. The summed E-state index contributed by atoms with van der Waals surface area (Å²) in [5.74, 6) is 1.81. The molecule has 1 unspecified atom stereocenters. The van der Waals surface area contributed by atoms with Crippen LogP contribution in [0.15, 0.2) is 28.7 Å². The highest BCUT2D eigenvalue weighted by molar-refractivity contribution is 5.27. The van der Waals surface area contributed by atoms with Crippen molar-refractivity contribution in [3.63, 3.8) is 0 Å². The summed E-state index contributed by atoms with van der Waals surface area (Å²) in [5.41, 5.74) is 7.14. The third kappa shape index (κ3) is 4.06. The lowest BCUT2D eigenvalue weighted by atomic mass is 10.0. The zero-order valence-corrected chi connectivity index (χ0v) is 11.3. The molecule has 5 heteroatoms. The lowest BCUT2D eigenvalue weighted by Crippen LogP contribution is -2.21. The van der Waals surface area contributed by atoms with E-state index in [-0.39, 0.29) is 12.6 Å². The molecule has 0 spiro atoms. The van der Waals surface area contributed by atoms with Gasteiger partial charge in [0.15, 0.2) is 6.61 Å². The fraction of sp³-hybridized carbons (Fsp3) is 0.429. The lowest BCUT2D eigenvalue weighted by Gasteiger charge is -2.09. The molecule has 5 nitrogen and oxygen atoms in total. The molecular formula is C14H19N3O2. The van der Waals surface area contributed by atoms with Crippen molar-refractivity contribution < 1.29 is 9.15 Å². The molecule has 0 bridgehead atoms. The van der Waals surface area contributed by atoms with Crippen LogP contribution in [0.4, 0.5) is 0 Å². The summed E-state index contributed by atoms with van der Waals surface area (Å²) in [6.07, 6.45) is 1.87. The standard InChI is InChI=1S/C14H19N3O2/c1-3-12(15)8-11-4-6-13(7-5-11)18-9-14-17-16-10(2)19-14/h4-7,12H,3,8-9,15H2,1-2H3. The number of hydrogen-bond acceptors (Lipinski definition) is 5. The molecule has 0 saturated carbocycles. The molecule has 19 heavy (non-hydrogen) atoms. The van der Waals surface area contributed by atoms with E-state index in [0.29, 0.717) is 11.8 Å². The number of hydrogen-bond donors (Lipinski definition) is 1. The van der Waals surface area contributed by atoms with E-state index in [2.05, 4.69) is 17.1 Å². The van der Waals surface area contributed by atoms with Crippen molar-refractivity contribution in [1.29, 1.82) is 0 Å². The van der Waals surface area contributed by atoms with Crippen molar-refractivity contribution in [3.05, 3.63) is 41.6 Å². The molecule has 102 valence electrons. The first-order valence-corrected chi connectivity index (χ1v) is 6.43. The van der Waals surface area contributed by atoms with Gasteiger partial charge >= 0.3 is 0 Å². The Labute approximate surface area is 112 Å². The number of nitrogens with two attached hydrogens (primary N) is 1. The quantitative estimate of drug-likeness (QED) is 0.863. The fourth-order valence-corrected chi connectivity index (χ4v) is 1.71. The summed E-state index contributed by atoms with van der Waals surface area (Å²) in [5, 5.41) is 7.62. The third-order valence-electron chi connectivity index (χ3n) is 2.88. The molecular weight excluding hydrogens is 242 g/mol. The van der Waals surface area contributed by atoms with Crippen LogP contribution in [0.3, 0.4) is 0 Å². The maximum Gasteiger partial charge on any atom is 0.253 e. The molecule has 2 N–H and O–H groups in total. The van der Waals surface area contributed by atoms with E-state index >= 15 is 0 Å². The topological polar surface area (TPSA) is 74.2 Å². The van der Waals surface area contributed by atoms with E-state index in [1.165, 1.54) is 5.56 Å². The molecule has 0 aliphatic rings. The van der Waals surface area contributed by atoms with Crippen LogP contribution in [0.1, 0.15) is 30.7 Å². The highest BCUT2D eigenvalue weighted by atomic mass is 16.5. The predicted molar refractivity (Wildman–Crippen MR) is 71.8 cm³/mol. The zero-order valence-electron chi connectivity index (χ0n) is 11.3. The van der Waals surface area contributed by atoms with E-state index in [0.717, 1.165) is 18.6 Å². The van der Waals surface area contributed by atoms with Crippen LogP contribution in [0.5, 0.6) is 5.75 Å². The maximum atomic E-state index is 5.92. The van der Waals surface area contributed by atoms with Gasteiger partial charge in [0, 0.05) is 13.0 Å². The van der Waals surface area contributed by atoms with Gasteiger partial charge in [-0.2, -0.15) is 0 Å². The second-order valence-electron chi connectivity index (χ2n) is 4.52. The highest BCUT2D eigenvalue weighted by Crippen LogP contribution is 2.15.